The Labute approximate surface area is 172 Å². The lowest BCUT2D eigenvalue weighted by Crippen LogP contribution is -2.30. The average molecular weight is 409 g/mol. The van der Waals surface area contributed by atoms with E-state index >= 15 is 0 Å². The maximum atomic E-state index is 13.4. The fourth-order valence-corrected chi connectivity index (χ4v) is 4.43. The lowest BCUT2D eigenvalue weighted by molar-refractivity contribution is 0.101. The van der Waals surface area contributed by atoms with E-state index < -0.39 is 10.0 Å². The van der Waals surface area contributed by atoms with E-state index in [2.05, 4.69) is 11.9 Å². The van der Waals surface area contributed by atoms with Crippen LogP contribution in [-0.2, 0) is 29.5 Å². The molecule has 0 aliphatic rings. The summed E-state index contributed by atoms with van der Waals surface area (Å²) in [6.07, 6.45) is 4.26. The molecule has 150 valence electrons. The fourth-order valence-electron chi connectivity index (χ4n) is 3.02. The van der Waals surface area contributed by atoms with E-state index in [1.54, 1.807) is 30.6 Å². The zero-order chi connectivity index (χ0) is 20.9. The summed E-state index contributed by atoms with van der Waals surface area (Å²) in [6, 6.07) is 17.7. The fraction of sp³-hybridized carbons (Fsp3) is 0.217. The highest BCUT2D eigenvalue weighted by molar-refractivity contribution is 7.89. The summed E-state index contributed by atoms with van der Waals surface area (Å²) in [5.74, 6) is -0.0998. The molecule has 0 N–H and O–H groups in total. The standard InChI is InChI=1S/C23H24N2O3S/c1-3-19-6-8-20(9-7-19)16-25(17-21-5-4-14-24-15-21)29(27,28)23-12-10-22(11-13-23)18(2)26/h4-15H,3,16-17H2,1-2H3. The summed E-state index contributed by atoms with van der Waals surface area (Å²) in [7, 11) is -3.76. The van der Waals surface area contributed by atoms with Crippen LogP contribution >= 0.6 is 0 Å². The van der Waals surface area contributed by atoms with Crippen molar-refractivity contribution < 1.29 is 13.2 Å². The lowest BCUT2D eigenvalue weighted by Gasteiger charge is -2.23. The van der Waals surface area contributed by atoms with Crippen molar-refractivity contribution in [2.24, 2.45) is 0 Å². The van der Waals surface area contributed by atoms with Crippen LogP contribution in [0.2, 0.25) is 0 Å². The number of benzene rings is 2. The first-order valence-corrected chi connectivity index (χ1v) is 10.9. The van der Waals surface area contributed by atoms with E-state index in [0.717, 1.165) is 17.5 Å². The maximum absolute atomic E-state index is 13.4. The van der Waals surface area contributed by atoms with E-state index in [1.807, 2.05) is 30.3 Å². The van der Waals surface area contributed by atoms with Gasteiger partial charge in [0.05, 0.1) is 4.90 Å². The van der Waals surface area contributed by atoms with Crippen molar-refractivity contribution in [1.82, 2.24) is 9.29 Å². The first-order valence-electron chi connectivity index (χ1n) is 9.48. The highest BCUT2D eigenvalue weighted by atomic mass is 32.2. The Bertz CT molecular complexity index is 1060. The second-order valence-electron chi connectivity index (χ2n) is 6.88. The smallest absolute Gasteiger partial charge is 0.243 e. The van der Waals surface area contributed by atoms with E-state index in [1.165, 1.54) is 28.9 Å². The van der Waals surface area contributed by atoms with Crippen LogP contribution in [0.25, 0.3) is 0 Å². The highest BCUT2D eigenvalue weighted by Crippen LogP contribution is 2.22. The van der Waals surface area contributed by atoms with Crippen LogP contribution in [-0.4, -0.2) is 23.5 Å². The minimum atomic E-state index is -3.76. The molecule has 0 unspecified atom stereocenters. The zero-order valence-corrected chi connectivity index (χ0v) is 17.4. The molecule has 0 fully saturated rings. The third-order valence-electron chi connectivity index (χ3n) is 4.77. The summed E-state index contributed by atoms with van der Waals surface area (Å²) >= 11 is 0. The summed E-state index contributed by atoms with van der Waals surface area (Å²) in [6.45, 7) is 3.99. The Hall–Kier alpha value is -2.83. The van der Waals surface area contributed by atoms with Crippen molar-refractivity contribution in [3.05, 3.63) is 95.3 Å². The monoisotopic (exact) mass is 408 g/mol. The largest absolute Gasteiger partial charge is 0.295 e. The van der Waals surface area contributed by atoms with Gasteiger partial charge >= 0.3 is 0 Å². The van der Waals surface area contributed by atoms with Crippen LogP contribution in [0.4, 0.5) is 0 Å². The Morgan fingerprint density at radius 2 is 1.52 bits per heavy atom. The molecule has 0 amide bonds. The van der Waals surface area contributed by atoms with Crippen molar-refractivity contribution in [2.45, 2.75) is 38.3 Å². The molecule has 0 atom stereocenters. The van der Waals surface area contributed by atoms with Crippen LogP contribution in [0.1, 0.15) is 40.9 Å². The van der Waals surface area contributed by atoms with Crippen molar-refractivity contribution in [2.75, 3.05) is 0 Å². The zero-order valence-electron chi connectivity index (χ0n) is 16.6. The molecule has 0 bridgehead atoms. The minimum absolute atomic E-state index is 0.0998. The molecule has 1 heterocycles. The third-order valence-corrected chi connectivity index (χ3v) is 6.58. The predicted octanol–water partition coefficient (Wildman–Crippen LogP) is 4.24. The van der Waals surface area contributed by atoms with Gasteiger partial charge in [-0.25, -0.2) is 8.42 Å². The van der Waals surface area contributed by atoms with Crippen LogP contribution in [0.5, 0.6) is 0 Å². The molecule has 0 saturated heterocycles. The van der Waals surface area contributed by atoms with Gasteiger partial charge in [0.2, 0.25) is 10.0 Å². The second-order valence-corrected chi connectivity index (χ2v) is 8.82. The number of sulfonamides is 1. The number of carbonyl (C=O) groups excluding carboxylic acids is 1. The minimum Gasteiger partial charge on any atom is -0.295 e. The molecule has 6 heteroatoms. The number of aryl methyl sites for hydroxylation is 1. The van der Waals surface area contributed by atoms with E-state index in [4.69, 9.17) is 0 Å². The van der Waals surface area contributed by atoms with Gasteiger partial charge in [-0.05, 0) is 48.2 Å². The highest BCUT2D eigenvalue weighted by Gasteiger charge is 2.25. The molecule has 0 aliphatic heterocycles. The molecule has 2 aromatic carbocycles. The van der Waals surface area contributed by atoms with Crippen molar-refractivity contribution in [3.8, 4) is 0 Å². The quantitative estimate of drug-likeness (QED) is 0.523. The number of rotatable bonds is 8. The predicted molar refractivity (Wildman–Crippen MR) is 113 cm³/mol. The normalized spacial score (nSPS) is 11.6. The molecular weight excluding hydrogens is 384 g/mol. The van der Waals surface area contributed by atoms with Gasteiger partial charge < -0.3 is 0 Å². The van der Waals surface area contributed by atoms with Gasteiger partial charge in [-0.15, -0.1) is 0 Å². The molecule has 0 spiro atoms. The van der Waals surface area contributed by atoms with Crippen LogP contribution < -0.4 is 0 Å². The molecule has 1 aromatic heterocycles. The Kier molecular flexibility index (Phi) is 6.56. The Morgan fingerprint density at radius 3 is 2.07 bits per heavy atom. The Balaban J connectivity index is 1.94. The first kappa shape index (κ1) is 20.9. The van der Waals surface area contributed by atoms with Crippen LogP contribution in [0.15, 0.2) is 78.0 Å². The molecule has 0 saturated carbocycles. The van der Waals surface area contributed by atoms with Gasteiger partial charge in [-0.2, -0.15) is 4.31 Å². The molecule has 3 aromatic rings. The molecule has 29 heavy (non-hydrogen) atoms. The van der Waals surface area contributed by atoms with E-state index in [-0.39, 0.29) is 23.8 Å². The van der Waals surface area contributed by atoms with Crippen LogP contribution in [0, 0.1) is 0 Å². The number of aromatic nitrogens is 1. The molecule has 3 rings (SSSR count). The number of Topliss-reactive ketones (excluding diaryl/α,β-unsaturated/α-hetero) is 1. The maximum Gasteiger partial charge on any atom is 0.243 e. The molecular formula is C23H24N2O3S. The number of hydrogen-bond acceptors (Lipinski definition) is 4. The number of pyridine rings is 1. The molecule has 5 nitrogen and oxygen atoms in total. The van der Waals surface area contributed by atoms with Crippen molar-refractivity contribution in [3.63, 3.8) is 0 Å². The lowest BCUT2D eigenvalue weighted by atomic mass is 10.1. The number of carbonyl (C=O) groups is 1. The molecule has 0 radical (unpaired) electrons. The number of nitrogens with zero attached hydrogens (tertiary/aromatic N) is 2. The van der Waals surface area contributed by atoms with E-state index in [0.29, 0.717) is 5.56 Å². The van der Waals surface area contributed by atoms with Crippen molar-refractivity contribution >= 4 is 15.8 Å². The van der Waals surface area contributed by atoms with Crippen LogP contribution in [0.3, 0.4) is 0 Å². The van der Waals surface area contributed by atoms with Gasteiger partial charge in [0.15, 0.2) is 5.78 Å². The van der Waals surface area contributed by atoms with Gasteiger partial charge in [0.25, 0.3) is 0 Å². The van der Waals surface area contributed by atoms with Gasteiger partial charge in [0, 0.05) is 31.0 Å². The number of ketones is 1. The van der Waals surface area contributed by atoms with Gasteiger partial charge in [-0.1, -0.05) is 49.4 Å². The summed E-state index contributed by atoms with van der Waals surface area (Å²) in [5.41, 5.74) is 3.41. The molecule has 0 aliphatic carbocycles. The average Bonchev–Trinajstić information content (AvgIpc) is 2.74. The Morgan fingerprint density at radius 1 is 0.897 bits per heavy atom. The van der Waals surface area contributed by atoms with Crippen molar-refractivity contribution in [1.29, 1.82) is 0 Å². The summed E-state index contributed by atoms with van der Waals surface area (Å²) < 4.78 is 28.2. The third kappa shape index (κ3) is 5.16. The second kappa shape index (κ2) is 9.11. The summed E-state index contributed by atoms with van der Waals surface area (Å²) in [5, 5.41) is 0. The van der Waals surface area contributed by atoms with Gasteiger partial charge in [0.1, 0.15) is 0 Å². The SMILES string of the molecule is CCc1ccc(CN(Cc2cccnc2)S(=O)(=O)c2ccc(C(C)=O)cc2)cc1. The summed E-state index contributed by atoms with van der Waals surface area (Å²) in [4.78, 5) is 15.8. The van der Waals surface area contributed by atoms with Gasteiger partial charge in [-0.3, -0.25) is 9.78 Å². The topological polar surface area (TPSA) is 67.3 Å². The first-order chi connectivity index (χ1) is 13.9. The number of hydrogen-bond donors (Lipinski definition) is 0. The van der Waals surface area contributed by atoms with E-state index in [9.17, 15) is 13.2 Å².